The third-order valence-corrected chi connectivity index (χ3v) is 3.03. The van der Waals surface area contributed by atoms with Crippen molar-refractivity contribution in [3.05, 3.63) is 64.7 Å². The molecule has 0 saturated heterocycles. The number of halogens is 3. The van der Waals surface area contributed by atoms with Gasteiger partial charge in [0.25, 0.3) is 0 Å². The topological polar surface area (TPSA) is 26.3 Å². The summed E-state index contributed by atoms with van der Waals surface area (Å²) in [6, 6.07) is 9.92. The Morgan fingerprint density at radius 1 is 1.10 bits per heavy atom. The van der Waals surface area contributed by atoms with Gasteiger partial charge in [0.2, 0.25) is 0 Å². The van der Waals surface area contributed by atoms with Crippen molar-refractivity contribution in [2.24, 2.45) is 0 Å². The van der Waals surface area contributed by atoms with E-state index in [2.05, 4.69) is 0 Å². The highest BCUT2D eigenvalue weighted by atomic mass is 19.4. The number of rotatable bonds is 4. The molecule has 0 unspecified atom stereocenters. The van der Waals surface area contributed by atoms with Crippen LogP contribution in [0.25, 0.3) is 0 Å². The molecule has 0 N–H and O–H groups in total. The van der Waals surface area contributed by atoms with Crippen LogP contribution in [0.3, 0.4) is 0 Å². The summed E-state index contributed by atoms with van der Waals surface area (Å²) in [4.78, 5) is 10.9. The molecule has 0 amide bonds. The fourth-order valence-electron chi connectivity index (χ4n) is 1.91. The third-order valence-electron chi connectivity index (χ3n) is 3.03. The first kappa shape index (κ1) is 15.1. The van der Waals surface area contributed by atoms with Crippen molar-refractivity contribution in [1.82, 2.24) is 0 Å². The quantitative estimate of drug-likeness (QED) is 0.781. The fourth-order valence-corrected chi connectivity index (χ4v) is 1.91. The summed E-state index contributed by atoms with van der Waals surface area (Å²) in [6.45, 7) is 1.90. The van der Waals surface area contributed by atoms with Crippen LogP contribution in [-0.4, -0.2) is 6.29 Å². The average Bonchev–Trinajstić information content (AvgIpc) is 2.45. The molecule has 110 valence electrons. The van der Waals surface area contributed by atoms with E-state index in [9.17, 15) is 18.0 Å². The largest absolute Gasteiger partial charge is 0.488 e. The zero-order valence-corrected chi connectivity index (χ0v) is 11.3. The first-order valence-electron chi connectivity index (χ1n) is 6.25. The molecule has 0 aliphatic rings. The second kappa shape index (κ2) is 5.99. The van der Waals surface area contributed by atoms with Gasteiger partial charge in [-0.2, -0.15) is 13.2 Å². The van der Waals surface area contributed by atoms with Gasteiger partial charge >= 0.3 is 6.18 Å². The van der Waals surface area contributed by atoms with Crippen LogP contribution in [0.15, 0.2) is 42.5 Å². The molecular weight excluding hydrogens is 281 g/mol. The lowest BCUT2D eigenvalue weighted by Crippen LogP contribution is -2.05. The highest BCUT2D eigenvalue weighted by molar-refractivity contribution is 5.80. The molecule has 2 aromatic rings. The van der Waals surface area contributed by atoms with Crippen molar-refractivity contribution in [3.8, 4) is 5.75 Å². The minimum absolute atomic E-state index is 0.101. The Balaban J connectivity index is 2.12. The van der Waals surface area contributed by atoms with Gasteiger partial charge in [0.05, 0.1) is 11.1 Å². The van der Waals surface area contributed by atoms with Gasteiger partial charge in [-0.3, -0.25) is 4.79 Å². The van der Waals surface area contributed by atoms with E-state index in [1.807, 2.05) is 0 Å². The van der Waals surface area contributed by atoms with Gasteiger partial charge in [0.15, 0.2) is 6.29 Å². The average molecular weight is 294 g/mol. The van der Waals surface area contributed by atoms with E-state index in [1.54, 1.807) is 25.1 Å². The van der Waals surface area contributed by atoms with Crippen LogP contribution in [0, 0.1) is 6.92 Å². The maximum Gasteiger partial charge on any atom is 0.416 e. The summed E-state index contributed by atoms with van der Waals surface area (Å²) in [6.07, 6.45) is -3.66. The van der Waals surface area contributed by atoms with Crippen LogP contribution in [-0.2, 0) is 12.8 Å². The molecule has 2 nitrogen and oxygen atoms in total. The Morgan fingerprint density at radius 3 is 2.33 bits per heavy atom. The first-order chi connectivity index (χ1) is 9.91. The van der Waals surface area contributed by atoms with Gasteiger partial charge in [-0.25, -0.2) is 0 Å². The Kier molecular flexibility index (Phi) is 4.31. The number of hydrogen-bond donors (Lipinski definition) is 0. The van der Waals surface area contributed by atoms with Gasteiger partial charge in [0, 0.05) is 0 Å². The third kappa shape index (κ3) is 3.62. The lowest BCUT2D eigenvalue weighted by atomic mass is 10.1. The zero-order chi connectivity index (χ0) is 15.5. The second-order valence-corrected chi connectivity index (χ2v) is 4.59. The molecule has 0 aliphatic heterocycles. The van der Waals surface area contributed by atoms with E-state index in [-0.39, 0.29) is 6.61 Å². The molecule has 0 radical (unpaired) electrons. The van der Waals surface area contributed by atoms with Gasteiger partial charge < -0.3 is 4.74 Å². The van der Waals surface area contributed by atoms with Crippen LogP contribution >= 0.6 is 0 Å². The van der Waals surface area contributed by atoms with Crippen molar-refractivity contribution < 1.29 is 22.7 Å². The van der Waals surface area contributed by atoms with Gasteiger partial charge in [-0.05, 0) is 36.2 Å². The number of aldehydes is 1. The number of alkyl halides is 3. The summed E-state index contributed by atoms with van der Waals surface area (Å²) in [7, 11) is 0. The number of carbonyl (C=O) groups excluding carboxylic acids is 1. The van der Waals surface area contributed by atoms with E-state index in [4.69, 9.17) is 4.74 Å². The molecule has 5 heteroatoms. The Labute approximate surface area is 120 Å². The number of carbonyl (C=O) groups is 1. The monoisotopic (exact) mass is 294 g/mol. The lowest BCUT2D eigenvalue weighted by Gasteiger charge is -2.12. The molecule has 21 heavy (non-hydrogen) atoms. The number of ether oxygens (including phenoxy) is 1. The zero-order valence-electron chi connectivity index (χ0n) is 11.3. The van der Waals surface area contributed by atoms with E-state index in [1.165, 1.54) is 12.1 Å². The highest BCUT2D eigenvalue weighted by Gasteiger charge is 2.29. The summed E-state index contributed by atoms with van der Waals surface area (Å²) in [5, 5.41) is 0. The normalized spacial score (nSPS) is 11.2. The van der Waals surface area contributed by atoms with Crippen molar-refractivity contribution >= 4 is 6.29 Å². The molecule has 0 heterocycles. The van der Waals surface area contributed by atoms with Gasteiger partial charge in [-0.15, -0.1) is 0 Å². The van der Waals surface area contributed by atoms with Crippen LogP contribution < -0.4 is 4.74 Å². The first-order valence-corrected chi connectivity index (χ1v) is 6.25. The van der Waals surface area contributed by atoms with Crippen LogP contribution in [0.1, 0.15) is 27.0 Å². The van der Waals surface area contributed by atoms with Gasteiger partial charge in [0.1, 0.15) is 12.4 Å². The minimum atomic E-state index is -4.35. The maximum atomic E-state index is 12.5. The van der Waals surface area contributed by atoms with Crippen molar-refractivity contribution in [1.29, 1.82) is 0 Å². The molecule has 0 aliphatic carbocycles. The molecule has 0 atom stereocenters. The molecule has 0 aromatic heterocycles. The lowest BCUT2D eigenvalue weighted by molar-refractivity contribution is -0.137. The van der Waals surface area contributed by atoms with Crippen LogP contribution in [0.5, 0.6) is 5.75 Å². The van der Waals surface area contributed by atoms with Gasteiger partial charge in [-0.1, -0.05) is 24.3 Å². The predicted molar refractivity (Wildman–Crippen MR) is 72.3 cm³/mol. The van der Waals surface area contributed by atoms with E-state index in [0.29, 0.717) is 23.2 Å². The summed E-state index contributed by atoms with van der Waals surface area (Å²) < 4.78 is 42.9. The summed E-state index contributed by atoms with van der Waals surface area (Å²) in [5.41, 5.74) is 1.12. The van der Waals surface area contributed by atoms with Crippen molar-refractivity contribution in [2.75, 3.05) is 0 Å². The number of benzene rings is 2. The molecule has 0 saturated carbocycles. The summed E-state index contributed by atoms with van der Waals surface area (Å²) in [5.74, 6) is 0.451. The Bertz CT molecular complexity index is 631. The van der Waals surface area contributed by atoms with Crippen molar-refractivity contribution in [2.45, 2.75) is 19.7 Å². The number of hydrogen-bond acceptors (Lipinski definition) is 2. The van der Waals surface area contributed by atoms with Crippen molar-refractivity contribution in [3.63, 3.8) is 0 Å². The summed E-state index contributed by atoms with van der Waals surface area (Å²) >= 11 is 0. The number of para-hydroxylation sites is 1. The Hall–Kier alpha value is -2.30. The molecule has 0 fully saturated rings. The predicted octanol–water partition coefficient (Wildman–Crippen LogP) is 4.41. The van der Waals surface area contributed by atoms with E-state index >= 15 is 0 Å². The standard InChI is InChI=1S/C16H13F3O2/c1-11-3-2-4-13(9-20)15(11)21-10-12-5-7-14(8-6-12)16(17,18)19/h2-9H,10H2,1H3. The van der Waals surface area contributed by atoms with E-state index in [0.717, 1.165) is 17.7 Å². The molecular formula is C16H13F3O2. The minimum Gasteiger partial charge on any atom is -0.488 e. The smallest absolute Gasteiger partial charge is 0.416 e. The Morgan fingerprint density at radius 2 is 1.76 bits per heavy atom. The molecule has 0 spiro atoms. The molecule has 2 rings (SSSR count). The fraction of sp³-hybridized carbons (Fsp3) is 0.188. The SMILES string of the molecule is Cc1cccc(C=O)c1OCc1ccc(C(F)(F)F)cc1. The maximum absolute atomic E-state index is 12.5. The molecule has 0 bridgehead atoms. The highest BCUT2D eigenvalue weighted by Crippen LogP contribution is 2.29. The van der Waals surface area contributed by atoms with Crippen LogP contribution in [0.4, 0.5) is 13.2 Å². The van der Waals surface area contributed by atoms with Crippen LogP contribution in [0.2, 0.25) is 0 Å². The number of aryl methyl sites for hydroxylation is 1. The second-order valence-electron chi connectivity index (χ2n) is 4.59. The molecule has 2 aromatic carbocycles. The van der Waals surface area contributed by atoms with E-state index < -0.39 is 11.7 Å².